The summed E-state index contributed by atoms with van der Waals surface area (Å²) in [5, 5.41) is 0. The van der Waals surface area contributed by atoms with Crippen LogP contribution in [0.3, 0.4) is 0 Å². The van der Waals surface area contributed by atoms with Gasteiger partial charge in [-0.2, -0.15) is 0 Å². The maximum absolute atomic E-state index is 2.44. The molecule has 0 spiro atoms. The van der Waals surface area contributed by atoms with Gasteiger partial charge < -0.3 is 9.80 Å². The van der Waals surface area contributed by atoms with Crippen LogP contribution in [-0.2, 0) is 5.41 Å². The van der Waals surface area contributed by atoms with E-state index in [0.717, 1.165) is 34.1 Å². The Morgan fingerprint density at radius 2 is 0.627 bits per heavy atom. The highest BCUT2D eigenvalue weighted by atomic mass is 15.1. The summed E-state index contributed by atoms with van der Waals surface area (Å²) in [5.74, 6) is 0. The Hall–Kier alpha value is -7.42. The molecule has 0 atom stereocenters. The number of hydrogen-bond donors (Lipinski definition) is 0. The Morgan fingerprint density at radius 3 is 1.10 bits per heavy atom. The number of hydrogen-bond acceptors (Lipinski definition) is 2. The summed E-state index contributed by atoms with van der Waals surface area (Å²) >= 11 is 0. The van der Waals surface area contributed by atoms with Crippen LogP contribution in [0.2, 0.25) is 0 Å². The van der Waals surface area contributed by atoms with E-state index in [4.69, 9.17) is 0 Å². The molecule has 0 fully saturated rings. The number of nitrogens with zero attached hydrogens (tertiary/aromatic N) is 2. The zero-order chi connectivity index (χ0) is 39.8. The number of rotatable bonds is 9. The minimum absolute atomic E-state index is 0.292. The fraction of sp³-hybridized carbons (Fsp3) is 0.0526. The van der Waals surface area contributed by atoms with Crippen LogP contribution in [0.4, 0.5) is 34.1 Å². The molecule has 10 rings (SSSR count). The highest BCUT2D eigenvalue weighted by Gasteiger charge is 2.39. The summed E-state index contributed by atoms with van der Waals surface area (Å²) in [4.78, 5) is 4.79. The Bertz CT molecular complexity index is 2850. The first kappa shape index (κ1) is 36.0. The van der Waals surface area contributed by atoms with Gasteiger partial charge in [-0.15, -0.1) is 0 Å². The van der Waals surface area contributed by atoms with E-state index in [1.54, 1.807) is 0 Å². The first-order valence-electron chi connectivity index (χ1n) is 20.4. The number of benzene rings is 9. The van der Waals surface area contributed by atoms with Gasteiger partial charge in [0.2, 0.25) is 0 Å². The van der Waals surface area contributed by atoms with Crippen molar-refractivity contribution in [3.05, 3.63) is 242 Å². The van der Waals surface area contributed by atoms with Gasteiger partial charge in [0.05, 0.1) is 0 Å². The third-order valence-electron chi connectivity index (χ3n) is 11.8. The second-order valence-corrected chi connectivity index (χ2v) is 15.8. The molecule has 0 unspecified atom stereocenters. The fourth-order valence-electron chi connectivity index (χ4n) is 8.85. The van der Waals surface area contributed by atoms with Crippen molar-refractivity contribution in [1.29, 1.82) is 0 Å². The van der Waals surface area contributed by atoms with Gasteiger partial charge in [-0.1, -0.05) is 172 Å². The molecule has 282 valence electrons. The summed E-state index contributed by atoms with van der Waals surface area (Å²) in [6.07, 6.45) is 0. The number of anilines is 6. The zero-order valence-corrected chi connectivity index (χ0v) is 33.3. The lowest BCUT2D eigenvalue weighted by Crippen LogP contribution is -2.18. The number of fused-ring (bicyclic) bond motifs is 3. The zero-order valence-electron chi connectivity index (χ0n) is 33.3. The lowest BCUT2D eigenvalue weighted by atomic mass is 9.81. The van der Waals surface area contributed by atoms with Gasteiger partial charge in [0.25, 0.3) is 0 Å². The molecule has 0 bridgehead atoms. The standard InChI is InChI=1S/C57H44N2/c1-57(2)54-39-50(58(46-24-14-6-15-25-46)48-32-28-43(29-33-48)41-18-8-3-9-19-41)36-37-52(54)56-53(45-22-12-5-13-23-45)38-51(40-55(56)57)59(47-26-16-7-17-27-47)49-34-30-44(31-35-49)42-20-10-4-11-21-42/h3-40H,1-2H3. The highest BCUT2D eigenvalue weighted by Crippen LogP contribution is 2.56. The van der Waals surface area contributed by atoms with Gasteiger partial charge in [0.1, 0.15) is 0 Å². The molecular formula is C57H44N2. The Kier molecular flexibility index (Phi) is 9.24. The van der Waals surface area contributed by atoms with Crippen LogP contribution in [-0.4, -0.2) is 0 Å². The predicted octanol–water partition coefficient (Wildman–Crippen LogP) is 15.9. The smallest absolute Gasteiger partial charge is 0.0471 e. The first-order valence-corrected chi connectivity index (χ1v) is 20.4. The molecule has 59 heavy (non-hydrogen) atoms. The van der Waals surface area contributed by atoms with Gasteiger partial charge in [0, 0.05) is 39.5 Å². The summed E-state index contributed by atoms with van der Waals surface area (Å²) in [5.41, 5.74) is 18.9. The second-order valence-electron chi connectivity index (χ2n) is 15.8. The molecule has 2 nitrogen and oxygen atoms in total. The maximum Gasteiger partial charge on any atom is 0.0471 e. The third-order valence-corrected chi connectivity index (χ3v) is 11.8. The third kappa shape index (κ3) is 6.69. The van der Waals surface area contributed by atoms with E-state index >= 15 is 0 Å². The van der Waals surface area contributed by atoms with Crippen molar-refractivity contribution in [1.82, 2.24) is 0 Å². The average Bonchev–Trinajstić information content (AvgIpc) is 3.53. The van der Waals surface area contributed by atoms with Gasteiger partial charge >= 0.3 is 0 Å². The molecule has 0 aliphatic heterocycles. The Balaban J connectivity index is 1.12. The van der Waals surface area contributed by atoms with E-state index in [9.17, 15) is 0 Å². The van der Waals surface area contributed by atoms with Crippen molar-refractivity contribution in [2.45, 2.75) is 19.3 Å². The van der Waals surface area contributed by atoms with E-state index in [1.165, 1.54) is 55.6 Å². The van der Waals surface area contributed by atoms with E-state index in [0.29, 0.717) is 0 Å². The Labute approximate surface area is 347 Å². The largest absolute Gasteiger partial charge is 0.310 e. The molecule has 0 saturated carbocycles. The van der Waals surface area contributed by atoms with E-state index < -0.39 is 0 Å². The molecule has 2 heteroatoms. The van der Waals surface area contributed by atoms with E-state index in [-0.39, 0.29) is 5.41 Å². The van der Waals surface area contributed by atoms with Crippen LogP contribution in [0.25, 0.3) is 44.5 Å². The fourth-order valence-corrected chi connectivity index (χ4v) is 8.85. The van der Waals surface area contributed by atoms with Crippen LogP contribution in [0.15, 0.2) is 231 Å². The summed E-state index contributed by atoms with van der Waals surface area (Å²) in [7, 11) is 0. The molecular weight excluding hydrogens is 713 g/mol. The SMILES string of the molecule is CC1(C)c2cc(N(c3ccccc3)c3ccc(-c4ccccc4)cc3)ccc2-c2c(-c3ccccc3)cc(N(c3ccccc3)c3ccc(-c4ccccc4)cc3)cc21. The van der Waals surface area contributed by atoms with Crippen LogP contribution < -0.4 is 9.80 Å². The van der Waals surface area contributed by atoms with Gasteiger partial charge in [-0.3, -0.25) is 0 Å². The van der Waals surface area contributed by atoms with E-state index in [1.807, 2.05) is 0 Å². The molecule has 0 N–H and O–H groups in total. The van der Waals surface area contributed by atoms with Crippen molar-refractivity contribution in [2.75, 3.05) is 9.80 Å². The van der Waals surface area contributed by atoms with E-state index in [2.05, 4.69) is 254 Å². The van der Waals surface area contributed by atoms with Crippen LogP contribution >= 0.6 is 0 Å². The van der Waals surface area contributed by atoms with Crippen molar-refractivity contribution >= 4 is 34.1 Å². The number of para-hydroxylation sites is 2. The van der Waals surface area contributed by atoms with Gasteiger partial charge in [-0.25, -0.2) is 0 Å². The molecule has 9 aromatic carbocycles. The average molecular weight is 757 g/mol. The predicted molar refractivity (Wildman–Crippen MR) is 250 cm³/mol. The topological polar surface area (TPSA) is 6.48 Å². The summed E-state index contributed by atoms with van der Waals surface area (Å²) in [6, 6.07) is 83.4. The van der Waals surface area contributed by atoms with Crippen molar-refractivity contribution < 1.29 is 0 Å². The van der Waals surface area contributed by atoms with Crippen LogP contribution in [0, 0.1) is 0 Å². The molecule has 0 saturated heterocycles. The van der Waals surface area contributed by atoms with Gasteiger partial charge in [0.15, 0.2) is 0 Å². The molecule has 1 aliphatic carbocycles. The van der Waals surface area contributed by atoms with Crippen molar-refractivity contribution in [2.24, 2.45) is 0 Å². The van der Waals surface area contributed by atoms with Crippen molar-refractivity contribution in [3.63, 3.8) is 0 Å². The van der Waals surface area contributed by atoms with Crippen molar-refractivity contribution in [3.8, 4) is 44.5 Å². The molecule has 0 heterocycles. The minimum atomic E-state index is -0.292. The van der Waals surface area contributed by atoms with Gasteiger partial charge in [-0.05, 0) is 128 Å². The molecule has 9 aromatic rings. The quantitative estimate of drug-likeness (QED) is 0.145. The lowest BCUT2D eigenvalue weighted by Gasteiger charge is -2.30. The maximum atomic E-state index is 2.44. The molecule has 0 radical (unpaired) electrons. The monoisotopic (exact) mass is 756 g/mol. The minimum Gasteiger partial charge on any atom is -0.310 e. The second kappa shape index (κ2) is 15.2. The lowest BCUT2D eigenvalue weighted by molar-refractivity contribution is 0.660. The molecule has 1 aliphatic rings. The first-order chi connectivity index (χ1) is 29.0. The summed E-state index contributed by atoms with van der Waals surface area (Å²) in [6.45, 7) is 4.78. The normalized spacial score (nSPS) is 12.4. The van der Waals surface area contributed by atoms with Crippen LogP contribution in [0.1, 0.15) is 25.0 Å². The summed E-state index contributed by atoms with van der Waals surface area (Å²) < 4.78 is 0. The highest BCUT2D eigenvalue weighted by molar-refractivity contribution is 5.97. The molecule has 0 aromatic heterocycles. The van der Waals surface area contributed by atoms with Crippen LogP contribution in [0.5, 0.6) is 0 Å². The Morgan fingerprint density at radius 1 is 0.271 bits per heavy atom. The molecule has 0 amide bonds.